The smallest absolute Gasteiger partial charge is 0.166 e. The predicted molar refractivity (Wildman–Crippen MR) is 90.5 cm³/mol. The van der Waals surface area contributed by atoms with Crippen molar-refractivity contribution in [1.29, 1.82) is 0 Å². The lowest BCUT2D eigenvalue weighted by Crippen LogP contribution is -2.58. The SMILES string of the molecule is C=C1CCC2C(C)(C)C(O)C(=O)CC2(C)C1CC(=O)c1ccoc1. The van der Waals surface area contributed by atoms with Gasteiger partial charge in [-0.2, -0.15) is 0 Å². The minimum atomic E-state index is -0.924. The highest BCUT2D eigenvalue weighted by atomic mass is 16.3. The minimum absolute atomic E-state index is 0.0214. The van der Waals surface area contributed by atoms with E-state index >= 15 is 0 Å². The molecule has 2 saturated carbocycles. The number of ketones is 2. The molecule has 0 aromatic carbocycles. The van der Waals surface area contributed by atoms with Crippen LogP contribution in [0.25, 0.3) is 0 Å². The number of furan rings is 1. The molecule has 1 N–H and O–H groups in total. The van der Waals surface area contributed by atoms with Crippen LogP contribution in [0.3, 0.4) is 0 Å². The molecule has 2 fully saturated rings. The van der Waals surface area contributed by atoms with Gasteiger partial charge in [0, 0.05) is 18.3 Å². The zero-order valence-corrected chi connectivity index (χ0v) is 14.7. The summed E-state index contributed by atoms with van der Waals surface area (Å²) in [6.45, 7) is 10.3. The third-order valence-corrected chi connectivity index (χ3v) is 6.53. The first kappa shape index (κ1) is 17.2. The average Bonchev–Trinajstić information content (AvgIpc) is 3.03. The fourth-order valence-corrected chi connectivity index (χ4v) is 5.19. The van der Waals surface area contributed by atoms with Gasteiger partial charge in [-0.1, -0.05) is 32.9 Å². The Morgan fingerprint density at radius 3 is 2.75 bits per heavy atom. The number of rotatable bonds is 3. The number of carbonyl (C=O) groups is 2. The van der Waals surface area contributed by atoms with Crippen molar-refractivity contribution in [1.82, 2.24) is 0 Å². The lowest BCUT2D eigenvalue weighted by molar-refractivity contribution is -0.161. The van der Waals surface area contributed by atoms with Crippen LogP contribution < -0.4 is 0 Å². The Labute approximate surface area is 142 Å². The van der Waals surface area contributed by atoms with Gasteiger partial charge in [0.2, 0.25) is 0 Å². The third-order valence-electron chi connectivity index (χ3n) is 6.53. The summed E-state index contributed by atoms with van der Waals surface area (Å²) in [5.41, 5.74) is 0.788. The van der Waals surface area contributed by atoms with Crippen molar-refractivity contribution < 1.29 is 19.1 Å². The first-order valence-electron chi connectivity index (χ1n) is 8.61. The van der Waals surface area contributed by atoms with E-state index in [1.54, 1.807) is 6.07 Å². The van der Waals surface area contributed by atoms with Crippen LogP contribution in [-0.2, 0) is 4.79 Å². The lowest BCUT2D eigenvalue weighted by Gasteiger charge is -2.58. The molecular formula is C20H26O4. The summed E-state index contributed by atoms with van der Waals surface area (Å²) < 4.78 is 5.02. The quantitative estimate of drug-likeness (QED) is 0.676. The van der Waals surface area contributed by atoms with Gasteiger partial charge in [0.05, 0.1) is 11.8 Å². The Kier molecular flexibility index (Phi) is 4.07. The van der Waals surface area contributed by atoms with Crippen LogP contribution in [0, 0.1) is 22.7 Å². The first-order chi connectivity index (χ1) is 11.2. The lowest BCUT2D eigenvalue weighted by atomic mass is 9.46. The molecule has 1 aromatic rings. The molecule has 0 spiro atoms. The van der Waals surface area contributed by atoms with Crippen molar-refractivity contribution in [2.24, 2.45) is 22.7 Å². The van der Waals surface area contributed by atoms with E-state index in [1.807, 2.05) is 13.8 Å². The van der Waals surface area contributed by atoms with E-state index in [1.165, 1.54) is 12.5 Å². The molecule has 4 nitrogen and oxygen atoms in total. The van der Waals surface area contributed by atoms with Gasteiger partial charge >= 0.3 is 0 Å². The monoisotopic (exact) mass is 330 g/mol. The van der Waals surface area contributed by atoms with Gasteiger partial charge in [-0.3, -0.25) is 9.59 Å². The van der Waals surface area contributed by atoms with Crippen LogP contribution in [-0.4, -0.2) is 22.8 Å². The first-order valence-corrected chi connectivity index (χ1v) is 8.61. The molecule has 4 atom stereocenters. The molecule has 130 valence electrons. The van der Waals surface area contributed by atoms with Crippen LogP contribution >= 0.6 is 0 Å². The van der Waals surface area contributed by atoms with Crippen LogP contribution in [0.1, 0.15) is 56.8 Å². The molecule has 3 rings (SSSR count). The Balaban J connectivity index is 1.94. The summed E-state index contributed by atoms with van der Waals surface area (Å²) in [5.74, 6) is 0.0436. The number of allylic oxidation sites excluding steroid dienone is 1. The van der Waals surface area contributed by atoms with Gasteiger partial charge in [-0.15, -0.1) is 0 Å². The van der Waals surface area contributed by atoms with Crippen LogP contribution in [0.5, 0.6) is 0 Å². The summed E-state index contributed by atoms with van der Waals surface area (Å²) in [4.78, 5) is 25.1. The van der Waals surface area contributed by atoms with E-state index in [0.717, 1.165) is 18.4 Å². The molecule has 2 aliphatic rings. The van der Waals surface area contributed by atoms with Crippen LogP contribution in [0.4, 0.5) is 0 Å². The maximum atomic E-state index is 12.6. The van der Waals surface area contributed by atoms with Gasteiger partial charge in [-0.25, -0.2) is 0 Å². The van der Waals surface area contributed by atoms with Crippen molar-refractivity contribution in [2.45, 2.75) is 52.6 Å². The normalized spacial score (nSPS) is 35.6. The standard InChI is InChI=1S/C20H26O4/c1-12-5-6-17-19(2,3)18(23)16(22)10-20(17,4)14(12)9-15(21)13-7-8-24-11-13/h7-8,11,14,17-18,23H,1,5-6,9-10H2,2-4H3. The molecule has 4 heteroatoms. The average molecular weight is 330 g/mol. The molecule has 1 heterocycles. The van der Waals surface area contributed by atoms with Gasteiger partial charge in [-0.05, 0) is 36.2 Å². The van der Waals surface area contributed by atoms with Crippen molar-refractivity contribution >= 4 is 11.6 Å². The number of hydrogen-bond donors (Lipinski definition) is 1. The molecule has 24 heavy (non-hydrogen) atoms. The van der Waals surface area contributed by atoms with Gasteiger partial charge in [0.1, 0.15) is 12.4 Å². The second kappa shape index (κ2) is 5.69. The van der Waals surface area contributed by atoms with E-state index in [-0.39, 0.29) is 28.8 Å². The fraction of sp³-hybridized carbons (Fsp3) is 0.600. The van der Waals surface area contributed by atoms with Gasteiger partial charge < -0.3 is 9.52 Å². The molecule has 0 bridgehead atoms. The third kappa shape index (κ3) is 2.48. The molecule has 2 aliphatic carbocycles. The molecule has 4 unspecified atom stereocenters. The molecule has 0 radical (unpaired) electrons. The van der Waals surface area contributed by atoms with Crippen LogP contribution in [0.2, 0.25) is 0 Å². The molecular weight excluding hydrogens is 304 g/mol. The maximum Gasteiger partial charge on any atom is 0.166 e. The minimum Gasteiger partial charge on any atom is -0.472 e. The largest absolute Gasteiger partial charge is 0.472 e. The highest BCUT2D eigenvalue weighted by Gasteiger charge is 2.59. The van der Waals surface area contributed by atoms with Gasteiger partial charge in [0.15, 0.2) is 11.6 Å². The number of aliphatic hydroxyl groups excluding tert-OH is 1. The van der Waals surface area contributed by atoms with Gasteiger partial charge in [0.25, 0.3) is 0 Å². The summed E-state index contributed by atoms with van der Waals surface area (Å²) >= 11 is 0. The zero-order chi connectivity index (χ0) is 17.7. The maximum absolute atomic E-state index is 12.6. The summed E-state index contributed by atoms with van der Waals surface area (Å²) in [5, 5.41) is 10.4. The van der Waals surface area contributed by atoms with E-state index < -0.39 is 11.5 Å². The Bertz CT molecular complexity index is 670. The Morgan fingerprint density at radius 2 is 2.12 bits per heavy atom. The Morgan fingerprint density at radius 1 is 1.42 bits per heavy atom. The van der Waals surface area contributed by atoms with Crippen molar-refractivity contribution in [3.63, 3.8) is 0 Å². The Hall–Kier alpha value is -1.68. The van der Waals surface area contributed by atoms with E-state index in [2.05, 4.69) is 13.5 Å². The highest BCUT2D eigenvalue weighted by molar-refractivity contribution is 5.96. The predicted octanol–water partition coefficient (Wildman–Crippen LogP) is 3.80. The van der Waals surface area contributed by atoms with Crippen LogP contribution in [0.15, 0.2) is 35.2 Å². The van der Waals surface area contributed by atoms with Crippen molar-refractivity contribution in [2.75, 3.05) is 0 Å². The fourth-order valence-electron chi connectivity index (χ4n) is 5.19. The number of carbonyl (C=O) groups excluding carboxylic acids is 2. The molecule has 0 aliphatic heterocycles. The summed E-state index contributed by atoms with van der Waals surface area (Å²) in [6.07, 6.45) is 4.43. The number of hydrogen-bond acceptors (Lipinski definition) is 4. The number of Topliss-reactive ketones (excluding diaryl/α,β-unsaturated/α-hetero) is 2. The molecule has 1 aromatic heterocycles. The second-order valence-corrected chi connectivity index (χ2v) is 8.31. The second-order valence-electron chi connectivity index (χ2n) is 8.31. The van der Waals surface area contributed by atoms with E-state index in [4.69, 9.17) is 4.42 Å². The summed E-state index contributed by atoms with van der Waals surface area (Å²) in [6, 6.07) is 1.67. The zero-order valence-electron chi connectivity index (χ0n) is 14.7. The number of fused-ring (bicyclic) bond motifs is 1. The molecule has 0 amide bonds. The van der Waals surface area contributed by atoms with E-state index in [0.29, 0.717) is 18.4 Å². The van der Waals surface area contributed by atoms with E-state index in [9.17, 15) is 14.7 Å². The molecule has 0 saturated heterocycles. The van der Waals surface area contributed by atoms with Crippen molar-refractivity contribution in [3.8, 4) is 0 Å². The number of aliphatic hydroxyl groups is 1. The summed E-state index contributed by atoms with van der Waals surface area (Å²) in [7, 11) is 0. The highest BCUT2D eigenvalue weighted by Crippen LogP contribution is 2.60. The topological polar surface area (TPSA) is 67.5 Å². The van der Waals surface area contributed by atoms with Crippen molar-refractivity contribution in [3.05, 3.63) is 36.3 Å².